The largest absolute Gasteiger partial charge is 0.496 e. The van der Waals surface area contributed by atoms with Crippen LogP contribution in [0.5, 0.6) is 5.75 Å². The minimum Gasteiger partial charge on any atom is -0.496 e. The molecule has 2 aliphatic heterocycles. The molecule has 11 nitrogen and oxygen atoms in total. The second-order valence-corrected chi connectivity index (χ2v) is 11.5. The number of hydrogen-bond acceptors (Lipinski definition) is 7. The molecule has 11 heteroatoms. The van der Waals surface area contributed by atoms with E-state index in [-0.39, 0.29) is 42.2 Å². The summed E-state index contributed by atoms with van der Waals surface area (Å²) in [7, 11) is 1.57. The normalized spacial score (nSPS) is 19.8. The Balaban J connectivity index is 1.37. The quantitative estimate of drug-likeness (QED) is 0.230. The number of ether oxygens (including phenoxy) is 2. The first-order chi connectivity index (χ1) is 20.7. The van der Waals surface area contributed by atoms with Crippen molar-refractivity contribution in [2.24, 2.45) is 17.8 Å². The van der Waals surface area contributed by atoms with Crippen molar-refractivity contribution in [1.82, 2.24) is 15.6 Å². The van der Waals surface area contributed by atoms with Gasteiger partial charge in [0.2, 0.25) is 11.8 Å². The van der Waals surface area contributed by atoms with Crippen molar-refractivity contribution in [1.29, 1.82) is 5.41 Å². The third kappa shape index (κ3) is 6.40. The second kappa shape index (κ2) is 12.7. The van der Waals surface area contributed by atoms with E-state index >= 15 is 0 Å². The van der Waals surface area contributed by atoms with Crippen molar-refractivity contribution < 1.29 is 28.7 Å². The molecule has 4 atom stereocenters. The lowest BCUT2D eigenvalue weighted by molar-refractivity contribution is -0.128. The molecule has 4 N–H and O–H groups in total. The highest BCUT2D eigenvalue weighted by Gasteiger charge is 2.45. The van der Waals surface area contributed by atoms with Gasteiger partial charge in [0.15, 0.2) is 17.7 Å². The molecule has 2 fully saturated rings. The summed E-state index contributed by atoms with van der Waals surface area (Å²) < 4.78 is 11.1. The smallest absolute Gasteiger partial charge is 0.420 e. The average molecular weight is 588 g/mol. The molecule has 3 heterocycles. The summed E-state index contributed by atoms with van der Waals surface area (Å²) in [4.78, 5) is 57.0. The molecule has 4 unspecified atom stereocenters. The number of para-hydroxylation sites is 1. The Kier molecular flexibility index (Phi) is 8.79. The zero-order valence-electron chi connectivity index (χ0n) is 24.5. The highest BCUT2D eigenvalue weighted by atomic mass is 16.6. The Morgan fingerprint density at radius 2 is 1.91 bits per heavy atom. The second-order valence-electron chi connectivity index (χ2n) is 11.5. The van der Waals surface area contributed by atoms with Crippen LogP contribution in [0.1, 0.15) is 50.0 Å². The van der Waals surface area contributed by atoms with E-state index in [0.717, 1.165) is 15.8 Å². The molecule has 3 aromatic rings. The van der Waals surface area contributed by atoms with Crippen LogP contribution in [0.15, 0.2) is 54.6 Å². The van der Waals surface area contributed by atoms with E-state index in [0.29, 0.717) is 36.5 Å². The number of rotatable bonds is 12. The molecule has 1 aromatic heterocycles. The number of anilines is 1. The van der Waals surface area contributed by atoms with Crippen LogP contribution in [0.4, 0.5) is 10.5 Å². The highest BCUT2D eigenvalue weighted by Crippen LogP contribution is 2.30. The predicted octanol–water partition coefficient (Wildman–Crippen LogP) is 4.43. The number of H-pyrrole nitrogens is 1. The number of nitrogens with one attached hydrogen (secondary N) is 4. The van der Waals surface area contributed by atoms with Crippen LogP contribution in [0.3, 0.4) is 0 Å². The summed E-state index contributed by atoms with van der Waals surface area (Å²) in [6, 6.07) is 15.1. The Morgan fingerprint density at radius 1 is 1.14 bits per heavy atom. The first-order valence-corrected chi connectivity index (χ1v) is 14.6. The van der Waals surface area contributed by atoms with Gasteiger partial charge in [-0.15, -0.1) is 0 Å². The number of hydrogen-bond donors (Lipinski definition) is 4. The van der Waals surface area contributed by atoms with Crippen LogP contribution in [-0.2, 0) is 14.3 Å². The van der Waals surface area contributed by atoms with E-state index in [9.17, 15) is 19.2 Å². The summed E-state index contributed by atoms with van der Waals surface area (Å²) in [5.74, 6) is -1.21. The fraction of sp³-hybridized carbons (Fsp3) is 0.406. The van der Waals surface area contributed by atoms with Gasteiger partial charge in [0.25, 0.3) is 0 Å². The third-order valence-corrected chi connectivity index (χ3v) is 8.03. The van der Waals surface area contributed by atoms with Crippen molar-refractivity contribution >= 4 is 46.1 Å². The molecule has 2 aromatic carbocycles. The molecule has 0 saturated carbocycles. The molecule has 5 rings (SSSR count). The van der Waals surface area contributed by atoms with Gasteiger partial charge in [-0.1, -0.05) is 38.1 Å². The number of amides is 3. The standard InChI is InChI=1S/C32H37N5O6/c1-18(2)14-20(16-26(38)24-17-22-23(35-24)10-7-11-27(22)42-3)31(40)36-25(15-19-12-13-34-30(19)39)28-29(33)37(32(41)43-28)21-8-5-4-6-9-21/h4-11,17-20,25,28,33,35H,12-16H2,1-3H3,(H,34,39)(H,36,40). The van der Waals surface area contributed by atoms with E-state index in [2.05, 4.69) is 15.6 Å². The van der Waals surface area contributed by atoms with Crippen LogP contribution in [-0.4, -0.2) is 60.3 Å². The maximum atomic E-state index is 13.9. The Morgan fingerprint density at radius 3 is 2.58 bits per heavy atom. The zero-order valence-corrected chi connectivity index (χ0v) is 24.5. The van der Waals surface area contributed by atoms with Gasteiger partial charge in [0.1, 0.15) is 5.75 Å². The van der Waals surface area contributed by atoms with Crippen LogP contribution in [0.2, 0.25) is 0 Å². The number of aromatic amines is 1. The van der Waals surface area contributed by atoms with Gasteiger partial charge in [0.05, 0.1) is 24.5 Å². The van der Waals surface area contributed by atoms with E-state index < -0.39 is 30.1 Å². The molecule has 0 bridgehead atoms. The first kappa shape index (κ1) is 29.8. The number of ketones is 1. The predicted molar refractivity (Wildman–Crippen MR) is 161 cm³/mol. The summed E-state index contributed by atoms with van der Waals surface area (Å²) >= 11 is 0. The lowest BCUT2D eigenvalue weighted by Gasteiger charge is -2.28. The molecule has 226 valence electrons. The summed E-state index contributed by atoms with van der Waals surface area (Å²) in [5, 5.41) is 15.4. The molecule has 2 saturated heterocycles. The minimum atomic E-state index is -1.10. The van der Waals surface area contributed by atoms with Gasteiger partial charge >= 0.3 is 6.09 Å². The number of amidine groups is 1. The van der Waals surface area contributed by atoms with Gasteiger partial charge < -0.3 is 25.1 Å². The maximum absolute atomic E-state index is 13.9. The number of methoxy groups -OCH3 is 1. The number of cyclic esters (lactones) is 1. The molecule has 43 heavy (non-hydrogen) atoms. The van der Waals surface area contributed by atoms with Crippen LogP contribution in [0.25, 0.3) is 10.9 Å². The van der Waals surface area contributed by atoms with Crippen LogP contribution < -0.4 is 20.3 Å². The molecule has 3 amide bonds. The fourth-order valence-electron chi connectivity index (χ4n) is 5.91. The SMILES string of the molecule is COc1cccc2[nH]c(C(=O)CC(CC(C)C)C(=O)NC(CC3CCNC3=O)C3OC(=O)N(c4ccccc4)C3=N)cc12. The van der Waals surface area contributed by atoms with Gasteiger partial charge in [-0.05, 0) is 55.5 Å². The Hall–Kier alpha value is -4.67. The average Bonchev–Trinajstić information content (AvgIpc) is 3.68. The number of carbonyl (C=O) groups is 4. The van der Waals surface area contributed by atoms with E-state index in [1.807, 2.05) is 32.0 Å². The van der Waals surface area contributed by atoms with Crippen LogP contribution >= 0.6 is 0 Å². The number of nitrogens with zero attached hydrogens (tertiary/aromatic N) is 1. The summed E-state index contributed by atoms with van der Waals surface area (Å²) in [6.45, 7) is 4.47. The van der Waals surface area contributed by atoms with E-state index in [1.54, 1.807) is 43.5 Å². The zero-order chi connectivity index (χ0) is 30.7. The fourth-order valence-corrected chi connectivity index (χ4v) is 5.91. The van der Waals surface area contributed by atoms with Crippen molar-refractivity contribution in [2.75, 3.05) is 18.6 Å². The summed E-state index contributed by atoms with van der Waals surface area (Å²) in [5.41, 5.74) is 1.61. The van der Waals surface area contributed by atoms with E-state index in [4.69, 9.17) is 14.9 Å². The molecule has 0 spiro atoms. The monoisotopic (exact) mass is 587 g/mol. The molecular weight excluding hydrogens is 550 g/mol. The van der Waals surface area contributed by atoms with Gasteiger partial charge in [-0.25, -0.2) is 9.69 Å². The third-order valence-electron chi connectivity index (χ3n) is 8.03. The van der Waals surface area contributed by atoms with Crippen molar-refractivity contribution in [3.8, 4) is 5.75 Å². The number of aromatic nitrogens is 1. The topological polar surface area (TPSA) is 154 Å². The van der Waals surface area contributed by atoms with E-state index in [1.165, 1.54) is 0 Å². The number of fused-ring (bicyclic) bond motifs is 1. The first-order valence-electron chi connectivity index (χ1n) is 14.6. The van der Waals surface area contributed by atoms with Gasteiger partial charge in [-0.3, -0.25) is 19.8 Å². The maximum Gasteiger partial charge on any atom is 0.420 e. The molecule has 0 aliphatic carbocycles. The van der Waals surface area contributed by atoms with Crippen molar-refractivity contribution in [2.45, 2.75) is 51.7 Å². The van der Waals surface area contributed by atoms with Crippen molar-refractivity contribution in [3.05, 3.63) is 60.3 Å². The lowest BCUT2D eigenvalue weighted by Crippen LogP contribution is -2.50. The Bertz CT molecular complexity index is 1530. The lowest BCUT2D eigenvalue weighted by atomic mass is 9.89. The Labute approximate surface area is 249 Å². The van der Waals surface area contributed by atoms with Crippen molar-refractivity contribution in [3.63, 3.8) is 0 Å². The minimum absolute atomic E-state index is 0.0478. The number of benzene rings is 2. The van der Waals surface area contributed by atoms with Crippen LogP contribution in [0, 0.1) is 23.2 Å². The van der Waals surface area contributed by atoms with Gasteiger partial charge in [0, 0.05) is 35.7 Å². The summed E-state index contributed by atoms with van der Waals surface area (Å²) in [6.07, 6.45) is -0.672. The molecule has 0 radical (unpaired) electrons. The number of Topliss-reactive ketones (excluding diaryl/α,β-unsaturated/α-hetero) is 1. The van der Waals surface area contributed by atoms with Gasteiger partial charge in [-0.2, -0.15) is 0 Å². The molecule has 2 aliphatic rings. The molecular formula is C32H37N5O6. The highest BCUT2D eigenvalue weighted by molar-refractivity contribution is 6.19. The number of carbonyl (C=O) groups excluding carboxylic acids is 4.